The molecule has 1 fully saturated rings. The Labute approximate surface area is 165 Å². The molecule has 1 aliphatic rings. The molecule has 3 aromatic rings. The number of aromatic nitrogens is 2. The van der Waals surface area contributed by atoms with E-state index in [9.17, 15) is 0 Å². The second-order valence-electron chi connectivity index (χ2n) is 7.29. The Morgan fingerprint density at radius 3 is 2.71 bits per heavy atom. The number of nitrogens with zero attached hydrogens (tertiary/aromatic N) is 4. The van der Waals surface area contributed by atoms with Crippen molar-refractivity contribution in [3.05, 3.63) is 66.3 Å². The van der Waals surface area contributed by atoms with Gasteiger partial charge in [0.1, 0.15) is 12.0 Å². The van der Waals surface area contributed by atoms with Crippen LogP contribution in [-0.2, 0) is 13.1 Å². The van der Waals surface area contributed by atoms with Gasteiger partial charge >= 0.3 is 0 Å². The predicted octanol–water partition coefficient (Wildman–Crippen LogP) is 3.45. The third-order valence-electron chi connectivity index (χ3n) is 5.23. The number of pyridine rings is 1. The Bertz CT molecular complexity index is 879. The second kappa shape index (κ2) is 8.54. The molecule has 1 atom stereocenters. The number of piperazine rings is 1. The van der Waals surface area contributed by atoms with E-state index in [0.29, 0.717) is 11.9 Å². The quantitative estimate of drug-likeness (QED) is 0.655. The van der Waals surface area contributed by atoms with Crippen LogP contribution in [0.2, 0.25) is 0 Å². The molecule has 0 spiro atoms. The van der Waals surface area contributed by atoms with Crippen LogP contribution in [0.4, 0.5) is 0 Å². The minimum Gasteiger partial charge on any atom is -0.497 e. The van der Waals surface area contributed by atoms with Gasteiger partial charge < -0.3 is 9.15 Å². The molecule has 1 aliphatic heterocycles. The van der Waals surface area contributed by atoms with Crippen molar-refractivity contribution in [3.63, 3.8) is 0 Å². The van der Waals surface area contributed by atoms with Crippen molar-refractivity contribution >= 4 is 0 Å². The molecule has 146 valence electrons. The zero-order valence-electron chi connectivity index (χ0n) is 16.4. The predicted molar refractivity (Wildman–Crippen MR) is 108 cm³/mol. The van der Waals surface area contributed by atoms with E-state index in [4.69, 9.17) is 9.15 Å². The highest BCUT2D eigenvalue weighted by Gasteiger charge is 2.24. The molecule has 1 saturated heterocycles. The maximum atomic E-state index is 5.71. The summed E-state index contributed by atoms with van der Waals surface area (Å²) in [6.07, 6.45) is 5.55. The van der Waals surface area contributed by atoms with Gasteiger partial charge in [0, 0.05) is 56.7 Å². The lowest BCUT2D eigenvalue weighted by Gasteiger charge is -2.39. The first kappa shape index (κ1) is 18.7. The summed E-state index contributed by atoms with van der Waals surface area (Å²) in [6.45, 7) is 7.14. The van der Waals surface area contributed by atoms with Gasteiger partial charge in [-0.25, -0.2) is 4.98 Å². The minimum absolute atomic E-state index is 0.464. The first-order chi connectivity index (χ1) is 13.7. The van der Waals surface area contributed by atoms with Gasteiger partial charge in [-0.05, 0) is 42.8 Å². The molecule has 0 radical (unpaired) electrons. The van der Waals surface area contributed by atoms with Crippen molar-refractivity contribution in [2.45, 2.75) is 26.1 Å². The molecule has 1 aromatic carbocycles. The average molecular weight is 378 g/mol. The highest BCUT2D eigenvalue weighted by Crippen LogP contribution is 2.23. The Kier molecular flexibility index (Phi) is 5.69. The van der Waals surface area contributed by atoms with Crippen LogP contribution in [0, 0.1) is 0 Å². The molecular weight excluding hydrogens is 352 g/mol. The summed E-state index contributed by atoms with van der Waals surface area (Å²) in [5.41, 5.74) is 3.20. The van der Waals surface area contributed by atoms with Crippen LogP contribution < -0.4 is 4.74 Å². The van der Waals surface area contributed by atoms with Gasteiger partial charge in [-0.1, -0.05) is 6.07 Å². The van der Waals surface area contributed by atoms with Crippen LogP contribution in [0.25, 0.3) is 11.5 Å². The summed E-state index contributed by atoms with van der Waals surface area (Å²) in [5, 5.41) is 0. The number of oxazole rings is 1. The van der Waals surface area contributed by atoms with Crippen molar-refractivity contribution in [1.82, 2.24) is 19.8 Å². The van der Waals surface area contributed by atoms with E-state index in [1.807, 2.05) is 42.7 Å². The molecule has 0 bridgehead atoms. The molecule has 0 N–H and O–H groups in total. The molecule has 2 aromatic heterocycles. The number of methoxy groups -OCH3 is 1. The van der Waals surface area contributed by atoms with E-state index < -0.39 is 0 Å². The van der Waals surface area contributed by atoms with Crippen molar-refractivity contribution in [2.24, 2.45) is 0 Å². The molecule has 6 heteroatoms. The van der Waals surface area contributed by atoms with Gasteiger partial charge in [-0.15, -0.1) is 0 Å². The zero-order chi connectivity index (χ0) is 19.3. The van der Waals surface area contributed by atoms with Gasteiger partial charge in [0.25, 0.3) is 0 Å². The van der Waals surface area contributed by atoms with Gasteiger partial charge in [0.2, 0.25) is 5.89 Å². The van der Waals surface area contributed by atoms with Crippen LogP contribution in [0.15, 0.2) is 59.5 Å². The van der Waals surface area contributed by atoms with E-state index in [2.05, 4.69) is 32.8 Å². The molecule has 4 rings (SSSR count). The van der Waals surface area contributed by atoms with Crippen LogP contribution >= 0.6 is 0 Å². The lowest BCUT2D eigenvalue weighted by Crippen LogP contribution is -2.50. The summed E-state index contributed by atoms with van der Waals surface area (Å²) in [6, 6.07) is 12.4. The van der Waals surface area contributed by atoms with Gasteiger partial charge in [0.15, 0.2) is 0 Å². The lowest BCUT2D eigenvalue weighted by atomic mass is 10.1. The Balaban J connectivity index is 1.34. The Hall–Kier alpha value is -2.70. The van der Waals surface area contributed by atoms with Crippen molar-refractivity contribution < 1.29 is 9.15 Å². The monoisotopic (exact) mass is 378 g/mol. The van der Waals surface area contributed by atoms with Gasteiger partial charge in [0.05, 0.1) is 12.8 Å². The largest absolute Gasteiger partial charge is 0.497 e. The number of ether oxygens (including phenoxy) is 1. The highest BCUT2D eigenvalue weighted by molar-refractivity contribution is 5.54. The maximum Gasteiger partial charge on any atom is 0.226 e. The summed E-state index contributed by atoms with van der Waals surface area (Å²) < 4.78 is 10.9. The highest BCUT2D eigenvalue weighted by atomic mass is 16.5. The summed E-state index contributed by atoms with van der Waals surface area (Å²) >= 11 is 0. The van der Waals surface area contributed by atoms with E-state index >= 15 is 0 Å². The second-order valence-corrected chi connectivity index (χ2v) is 7.29. The molecule has 0 aliphatic carbocycles. The normalized spacial score (nSPS) is 18.3. The minimum atomic E-state index is 0.464. The zero-order valence-corrected chi connectivity index (χ0v) is 16.4. The van der Waals surface area contributed by atoms with Crippen LogP contribution in [-0.4, -0.2) is 52.6 Å². The number of rotatable bonds is 6. The number of hydrogen-bond acceptors (Lipinski definition) is 6. The Morgan fingerprint density at radius 2 is 2.00 bits per heavy atom. The van der Waals surface area contributed by atoms with Crippen molar-refractivity contribution in [3.8, 4) is 17.2 Å². The van der Waals surface area contributed by atoms with Crippen LogP contribution in [0.5, 0.6) is 5.75 Å². The third kappa shape index (κ3) is 4.40. The van der Waals surface area contributed by atoms with Gasteiger partial charge in [-0.3, -0.25) is 14.8 Å². The number of hydrogen-bond donors (Lipinski definition) is 0. The third-order valence-corrected chi connectivity index (χ3v) is 5.23. The fourth-order valence-corrected chi connectivity index (χ4v) is 3.65. The first-order valence-electron chi connectivity index (χ1n) is 9.65. The van der Waals surface area contributed by atoms with Crippen LogP contribution in [0.3, 0.4) is 0 Å². The average Bonchev–Trinajstić information content (AvgIpc) is 3.19. The first-order valence-corrected chi connectivity index (χ1v) is 9.65. The number of benzene rings is 1. The Morgan fingerprint density at radius 1 is 1.14 bits per heavy atom. The molecular formula is C22H26N4O2. The van der Waals surface area contributed by atoms with Crippen molar-refractivity contribution in [2.75, 3.05) is 26.7 Å². The fraction of sp³-hybridized carbons (Fsp3) is 0.364. The van der Waals surface area contributed by atoms with Crippen molar-refractivity contribution in [1.29, 1.82) is 0 Å². The van der Waals surface area contributed by atoms with Gasteiger partial charge in [-0.2, -0.15) is 0 Å². The molecule has 0 amide bonds. The van der Waals surface area contributed by atoms with E-state index in [-0.39, 0.29) is 0 Å². The van der Waals surface area contributed by atoms with Crippen LogP contribution in [0.1, 0.15) is 18.2 Å². The lowest BCUT2D eigenvalue weighted by molar-refractivity contribution is 0.0723. The summed E-state index contributed by atoms with van der Waals surface area (Å²) in [7, 11) is 1.66. The topological polar surface area (TPSA) is 54.6 Å². The molecule has 0 unspecified atom stereocenters. The van der Waals surface area contributed by atoms with E-state index in [1.54, 1.807) is 13.4 Å². The molecule has 3 heterocycles. The van der Waals surface area contributed by atoms with E-state index in [0.717, 1.165) is 49.7 Å². The molecule has 0 saturated carbocycles. The standard InChI is InChI=1S/C22H26N4O2/c1-17-13-25(14-18-4-3-9-23-12-18)10-11-26(17)15-20-16-28-22(24-20)19-5-7-21(27-2)8-6-19/h3-9,12,16-17H,10-11,13-15H2,1-2H3/t17-/m1/s1. The SMILES string of the molecule is COc1ccc(-c2nc(CN3CCN(Cc4cccnc4)C[C@H]3C)co2)cc1. The molecule has 28 heavy (non-hydrogen) atoms. The molecule has 6 nitrogen and oxygen atoms in total. The summed E-state index contributed by atoms with van der Waals surface area (Å²) in [4.78, 5) is 13.9. The maximum absolute atomic E-state index is 5.71. The smallest absolute Gasteiger partial charge is 0.226 e. The van der Waals surface area contributed by atoms with E-state index in [1.165, 1.54) is 5.56 Å². The fourth-order valence-electron chi connectivity index (χ4n) is 3.65. The summed E-state index contributed by atoms with van der Waals surface area (Å²) in [5.74, 6) is 1.48.